The number of nitrogens with one attached hydrogen (secondary N) is 1. The third-order valence-corrected chi connectivity index (χ3v) is 5.22. The van der Waals surface area contributed by atoms with E-state index in [2.05, 4.69) is 17.6 Å². The van der Waals surface area contributed by atoms with Gasteiger partial charge >= 0.3 is 0 Å². The number of hydrogen-bond acceptors (Lipinski definition) is 3. The zero-order valence-electron chi connectivity index (χ0n) is 16.3. The molecule has 0 atom stereocenters. The van der Waals surface area contributed by atoms with Crippen LogP contribution in [0.4, 0.5) is 0 Å². The molecule has 4 heteroatoms. The average Bonchev–Trinajstić information content (AvgIpc) is 3.08. The molecule has 4 nitrogen and oxygen atoms in total. The Labute approximate surface area is 173 Å². The molecule has 1 amide bonds. The van der Waals surface area contributed by atoms with Crippen molar-refractivity contribution in [2.24, 2.45) is 0 Å². The highest BCUT2D eigenvalue weighted by Crippen LogP contribution is 2.39. The summed E-state index contributed by atoms with van der Waals surface area (Å²) in [7, 11) is 1.63. The third-order valence-electron chi connectivity index (χ3n) is 5.22. The van der Waals surface area contributed by atoms with Crippen molar-refractivity contribution < 1.29 is 12.4 Å². The predicted molar refractivity (Wildman–Crippen MR) is 117 cm³/mol. The lowest BCUT2D eigenvalue weighted by atomic mass is 9.82. The minimum atomic E-state index is -1.02. The first-order valence-electron chi connectivity index (χ1n) is 9.43. The fraction of sp³-hybridized carbons (Fsp3) is 0.120. The molecule has 1 fully saturated rings. The van der Waals surface area contributed by atoms with Crippen LogP contribution in [0, 0.1) is 0 Å². The molecule has 1 N–H and O–H groups in total. The second-order valence-electron chi connectivity index (χ2n) is 6.87. The van der Waals surface area contributed by atoms with E-state index in [1.54, 1.807) is 12.0 Å². The predicted octanol–water partition coefficient (Wildman–Crippen LogP) is 4.69. The zero-order chi connectivity index (χ0) is 20.3. The largest absolute Gasteiger partial charge is 0.497 e. The van der Waals surface area contributed by atoms with Crippen LogP contribution >= 0.6 is 0 Å². The van der Waals surface area contributed by atoms with Crippen molar-refractivity contribution in [2.75, 3.05) is 7.11 Å². The molecule has 3 aromatic carbocycles. The van der Waals surface area contributed by atoms with Gasteiger partial charge in [0.1, 0.15) is 5.75 Å². The molecular weight excluding hydrogens is 360 g/mol. The lowest BCUT2D eigenvalue weighted by Gasteiger charge is -2.28. The quantitative estimate of drug-likeness (QED) is 0.647. The van der Waals surface area contributed by atoms with Crippen molar-refractivity contribution in [1.29, 1.82) is 0 Å². The SMILES string of the molecule is C=C=C1NC(c2ccccc2)(c2ccccc2)C(=O)N1Cc1ccc(OC)cc1.[HH].[HH]. The summed E-state index contributed by atoms with van der Waals surface area (Å²) in [6.45, 7) is 4.22. The van der Waals surface area contributed by atoms with Crippen LogP contribution in [0.3, 0.4) is 0 Å². The molecule has 0 aromatic heterocycles. The molecule has 1 heterocycles. The fourth-order valence-electron chi connectivity index (χ4n) is 3.74. The van der Waals surface area contributed by atoms with Crippen LogP contribution in [0.25, 0.3) is 0 Å². The summed E-state index contributed by atoms with van der Waals surface area (Å²) in [5.41, 5.74) is 4.64. The van der Waals surface area contributed by atoms with Crippen molar-refractivity contribution >= 4 is 5.91 Å². The highest BCUT2D eigenvalue weighted by atomic mass is 16.5. The van der Waals surface area contributed by atoms with Crippen molar-refractivity contribution in [3.8, 4) is 5.75 Å². The van der Waals surface area contributed by atoms with Gasteiger partial charge < -0.3 is 10.1 Å². The molecule has 0 saturated carbocycles. The number of benzene rings is 3. The molecule has 0 unspecified atom stereocenters. The Morgan fingerprint density at radius 3 is 2.00 bits per heavy atom. The van der Waals surface area contributed by atoms with Gasteiger partial charge in [0.05, 0.1) is 13.7 Å². The van der Waals surface area contributed by atoms with Gasteiger partial charge in [0.2, 0.25) is 0 Å². The van der Waals surface area contributed by atoms with E-state index in [-0.39, 0.29) is 8.76 Å². The second kappa shape index (κ2) is 7.70. The molecule has 3 aromatic rings. The minimum absolute atomic E-state index is 0. The van der Waals surface area contributed by atoms with Crippen molar-refractivity contribution in [3.05, 3.63) is 120 Å². The van der Waals surface area contributed by atoms with E-state index in [9.17, 15) is 4.79 Å². The Morgan fingerprint density at radius 2 is 1.52 bits per heavy atom. The van der Waals surface area contributed by atoms with Crippen LogP contribution in [0.1, 0.15) is 19.5 Å². The molecule has 0 radical (unpaired) electrons. The van der Waals surface area contributed by atoms with E-state index < -0.39 is 5.54 Å². The maximum atomic E-state index is 13.9. The molecule has 0 aliphatic carbocycles. The summed E-state index contributed by atoms with van der Waals surface area (Å²) >= 11 is 0. The van der Waals surface area contributed by atoms with E-state index >= 15 is 0 Å². The number of ether oxygens (including phenoxy) is 1. The van der Waals surface area contributed by atoms with Gasteiger partial charge in [-0.3, -0.25) is 9.69 Å². The summed E-state index contributed by atoms with van der Waals surface area (Å²) in [5.74, 6) is 1.29. The number of carbonyl (C=O) groups excluding carboxylic acids is 1. The average molecular weight is 386 g/mol. The van der Waals surface area contributed by atoms with Gasteiger partial charge in [-0.05, 0) is 28.8 Å². The first-order chi connectivity index (χ1) is 14.2. The fourth-order valence-corrected chi connectivity index (χ4v) is 3.74. The highest BCUT2D eigenvalue weighted by Gasteiger charge is 2.51. The molecule has 4 rings (SSSR count). The molecule has 1 saturated heterocycles. The first-order valence-corrected chi connectivity index (χ1v) is 9.43. The Bertz CT molecular complexity index is 1020. The monoisotopic (exact) mass is 386 g/mol. The molecule has 1 aliphatic rings. The van der Waals surface area contributed by atoms with Crippen molar-refractivity contribution in [1.82, 2.24) is 10.2 Å². The Kier molecular flexibility index (Phi) is 4.94. The standard InChI is InChI=1S/C25H22N2O2.2H2/c1-3-23-26-25(20-10-6-4-7-11-20,21-12-8-5-9-13-21)24(28)27(23)18-19-14-16-22(29-2)17-15-19;;/h4-17,26H,1,18H2,2H3;2*1H. The van der Waals surface area contributed by atoms with Gasteiger partial charge in [0, 0.05) is 2.85 Å². The van der Waals surface area contributed by atoms with E-state index in [0.29, 0.717) is 12.4 Å². The zero-order valence-corrected chi connectivity index (χ0v) is 16.3. The Hall–Kier alpha value is -3.75. The van der Waals surface area contributed by atoms with Crippen molar-refractivity contribution in [3.63, 3.8) is 0 Å². The van der Waals surface area contributed by atoms with E-state index in [1.807, 2.05) is 84.9 Å². The summed E-state index contributed by atoms with van der Waals surface area (Å²) in [6.07, 6.45) is 0. The lowest BCUT2D eigenvalue weighted by molar-refractivity contribution is -0.131. The van der Waals surface area contributed by atoms with Gasteiger partial charge in [-0.2, -0.15) is 0 Å². The van der Waals surface area contributed by atoms with E-state index in [4.69, 9.17) is 4.74 Å². The number of amides is 1. The van der Waals surface area contributed by atoms with Crippen LogP contribution < -0.4 is 10.1 Å². The Morgan fingerprint density at radius 1 is 0.966 bits per heavy atom. The van der Waals surface area contributed by atoms with Crippen LogP contribution in [0.15, 0.2) is 103 Å². The summed E-state index contributed by atoms with van der Waals surface area (Å²) < 4.78 is 5.23. The molecule has 1 aliphatic heterocycles. The minimum Gasteiger partial charge on any atom is -0.497 e. The van der Waals surface area contributed by atoms with Gasteiger partial charge in [0.15, 0.2) is 11.4 Å². The van der Waals surface area contributed by atoms with Crippen LogP contribution in [0.2, 0.25) is 0 Å². The van der Waals surface area contributed by atoms with Crippen LogP contribution in [0.5, 0.6) is 5.75 Å². The topological polar surface area (TPSA) is 41.6 Å². The van der Waals surface area contributed by atoms with E-state index in [0.717, 1.165) is 22.4 Å². The first kappa shape index (κ1) is 18.6. The third kappa shape index (κ3) is 3.20. The van der Waals surface area contributed by atoms with Gasteiger partial charge in [-0.25, -0.2) is 0 Å². The number of nitrogens with zero attached hydrogens (tertiary/aromatic N) is 1. The molecule has 148 valence electrons. The van der Waals surface area contributed by atoms with E-state index in [1.165, 1.54) is 0 Å². The van der Waals surface area contributed by atoms with Crippen LogP contribution in [-0.2, 0) is 16.9 Å². The van der Waals surface area contributed by atoms with Crippen molar-refractivity contribution in [2.45, 2.75) is 12.1 Å². The smallest absolute Gasteiger partial charge is 0.264 e. The van der Waals surface area contributed by atoms with Crippen LogP contribution in [-0.4, -0.2) is 17.9 Å². The summed E-state index contributed by atoms with van der Waals surface area (Å²) in [4.78, 5) is 15.6. The molecule has 0 bridgehead atoms. The Balaban J connectivity index is 0.00000171. The number of rotatable bonds is 5. The van der Waals surface area contributed by atoms with Gasteiger partial charge in [-0.15, -0.1) is 0 Å². The number of methoxy groups -OCH3 is 1. The molecule has 0 spiro atoms. The maximum Gasteiger partial charge on any atom is 0.264 e. The summed E-state index contributed by atoms with van der Waals surface area (Å²) in [6, 6.07) is 27.2. The number of carbonyl (C=O) groups is 1. The lowest BCUT2D eigenvalue weighted by Crippen LogP contribution is -2.44. The van der Waals surface area contributed by atoms with Gasteiger partial charge in [0.25, 0.3) is 5.91 Å². The normalized spacial score (nSPS) is 15.0. The number of hydrogen-bond donors (Lipinski definition) is 1. The second-order valence-corrected chi connectivity index (χ2v) is 6.87. The van der Waals surface area contributed by atoms with Gasteiger partial charge in [-0.1, -0.05) is 85.1 Å². The highest BCUT2D eigenvalue weighted by molar-refractivity contribution is 5.95. The molecule has 29 heavy (non-hydrogen) atoms. The maximum absolute atomic E-state index is 13.9. The molecular formula is C25H26N2O2. The summed E-state index contributed by atoms with van der Waals surface area (Å²) in [5, 5.41) is 3.42.